The van der Waals surface area contributed by atoms with Gasteiger partial charge in [-0.25, -0.2) is 13.4 Å². The summed E-state index contributed by atoms with van der Waals surface area (Å²) in [5.41, 5.74) is 0.659. The van der Waals surface area contributed by atoms with Crippen LogP contribution in [0.1, 0.15) is 18.4 Å². The van der Waals surface area contributed by atoms with E-state index in [-0.39, 0.29) is 4.21 Å². The van der Waals surface area contributed by atoms with Gasteiger partial charge in [-0.1, -0.05) is 48.9 Å². The molecule has 0 unspecified atom stereocenters. The highest BCUT2D eigenvalue weighted by atomic mass is 35.5. The van der Waals surface area contributed by atoms with E-state index in [0.29, 0.717) is 21.2 Å². The third-order valence-electron chi connectivity index (χ3n) is 5.94. The van der Waals surface area contributed by atoms with Gasteiger partial charge in [0.1, 0.15) is 15.6 Å². The van der Waals surface area contributed by atoms with E-state index < -0.39 is 33.4 Å². The van der Waals surface area contributed by atoms with E-state index in [0.717, 1.165) is 22.4 Å². The molecule has 2 heterocycles. The monoisotopic (exact) mass is 487 g/mol. The molecule has 2 aromatic heterocycles. The number of hydrogen-bond donors (Lipinski definition) is 3. The van der Waals surface area contributed by atoms with E-state index in [2.05, 4.69) is 14.7 Å². The Labute approximate surface area is 193 Å². The Bertz CT molecular complexity index is 1450. The minimum Gasteiger partial charge on any atom is -0.480 e. The summed E-state index contributed by atoms with van der Waals surface area (Å²) in [4.78, 5) is 20.4. The lowest BCUT2D eigenvalue weighted by Gasteiger charge is -2.15. The predicted molar refractivity (Wildman–Crippen MR) is 123 cm³/mol. The fourth-order valence-corrected chi connectivity index (χ4v) is 7.14. The molecule has 0 radical (unpaired) electrons. The summed E-state index contributed by atoms with van der Waals surface area (Å²) in [6.45, 7) is 1.74. The summed E-state index contributed by atoms with van der Waals surface area (Å²) >= 11 is 7.04. The number of carboxylic acids is 1. The number of carboxylic acid groups (broad SMARTS) is 1. The molecule has 2 aromatic carbocycles. The van der Waals surface area contributed by atoms with E-state index in [1.807, 2.05) is 30.3 Å². The molecular weight excluding hydrogens is 470 g/mol. The standard InChI is InChI=1S/C22H18ClN3O4S2/c1-12-19(13-5-3-2-4-6-13)22(12,21(27)28)26-32(29,30)18-10-9-17(31-18)20-24-15-8-7-14(23)11-16(15)25-20/h2-12,19,26H,1H3,(H,24,25)(H,27,28)/t12-,19-,22+/m1/s1. The van der Waals surface area contributed by atoms with Crippen LogP contribution in [0.4, 0.5) is 0 Å². The van der Waals surface area contributed by atoms with Gasteiger partial charge in [-0.2, -0.15) is 4.72 Å². The van der Waals surface area contributed by atoms with Crippen LogP contribution in [0.15, 0.2) is 64.9 Å². The summed E-state index contributed by atoms with van der Waals surface area (Å²) in [6, 6.07) is 17.5. The molecule has 5 rings (SSSR count). The molecule has 10 heteroatoms. The number of fused-ring (bicyclic) bond motifs is 1. The molecular formula is C22H18ClN3O4S2. The number of hydrogen-bond acceptors (Lipinski definition) is 5. The van der Waals surface area contributed by atoms with Gasteiger partial charge in [-0.3, -0.25) is 4.79 Å². The molecule has 32 heavy (non-hydrogen) atoms. The van der Waals surface area contributed by atoms with Crippen molar-refractivity contribution in [3.8, 4) is 10.7 Å². The van der Waals surface area contributed by atoms with E-state index in [1.165, 1.54) is 6.07 Å². The van der Waals surface area contributed by atoms with Crippen LogP contribution in [0.5, 0.6) is 0 Å². The number of carbonyl (C=O) groups is 1. The van der Waals surface area contributed by atoms with E-state index in [9.17, 15) is 18.3 Å². The van der Waals surface area contributed by atoms with Crippen LogP contribution in [0, 0.1) is 5.92 Å². The highest BCUT2D eigenvalue weighted by Crippen LogP contribution is 2.58. The normalized spacial score (nSPS) is 22.8. The number of aromatic nitrogens is 2. The molecule has 1 fully saturated rings. The third kappa shape index (κ3) is 3.32. The van der Waals surface area contributed by atoms with Crippen LogP contribution in [-0.2, 0) is 14.8 Å². The smallest absolute Gasteiger partial charge is 0.325 e. The number of sulfonamides is 1. The minimum absolute atomic E-state index is 0.0255. The number of nitrogens with zero attached hydrogens (tertiary/aromatic N) is 1. The summed E-state index contributed by atoms with van der Waals surface area (Å²) in [5.74, 6) is -1.51. The third-order valence-corrected chi connectivity index (χ3v) is 9.24. The van der Waals surface area contributed by atoms with Gasteiger partial charge in [-0.15, -0.1) is 11.3 Å². The van der Waals surface area contributed by atoms with Crippen LogP contribution >= 0.6 is 22.9 Å². The predicted octanol–water partition coefficient (Wildman–Crippen LogP) is 4.48. The number of rotatable bonds is 6. The first-order chi connectivity index (χ1) is 15.2. The van der Waals surface area contributed by atoms with Crippen molar-refractivity contribution in [1.82, 2.24) is 14.7 Å². The van der Waals surface area contributed by atoms with Crippen molar-refractivity contribution in [1.29, 1.82) is 0 Å². The summed E-state index contributed by atoms with van der Waals surface area (Å²) < 4.78 is 28.8. The zero-order valence-electron chi connectivity index (χ0n) is 16.7. The molecule has 1 aliphatic carbocycles. The lowest BCUT2D eigenvalue weighted by molar-refractivity contribution is -0.140. The molecule has 164 valence electrons. The van der Waals surface area contributed by atoms with Gasteiger partial charge in [0.2, 0.25) is 0 Å². The van der Waals surface area contributed by atoms with Crippen molar-refractivity contribution >= 4 is 50.0 Å². The minimum atomic E-state index is -4.07. The second-order valence-electron chi connectivity index (χ2n) is 7.82. The first kappa shape index (κ1) is 21.1. The SMILES string of the molecule is C[C@@H]1[C@H](c2ccccc2)[C@]1(NS(=O)(=O)c1ccc(-c2nc3ccc(Cl)cc3[nH]2)s1)C(=O)O. The molecule has 0 saturated heterocycles. The Kier molecular flexibility index (Phi) is 4.90. The van der Waals surface area contributed by atoms with E-state index in [4.69, 9.17) is 11.6 Å². The second kappa shape index (κ2) is 7.41. The lowest BCUT2D eigenvalue weighted by Crippen LogP contribution is -2.45. The van der Waals surface area contributed by atoms with Gasteiger partial charge in [-0.05, 0) is 41.8 Å². The Balaban J connectivity index is 1.46. The largest absolute Gasteiger partial charge is 0.480 e. The summed E-state index contributed by atoms with van der Waals surface area (Å²) in [6.07, 6.45) is 0. The molecule has 3 N–H and O–H groups in total. The van der Waals surface area contributed by atoms with Gasteiger partial charge in [0.05, 0.1) is 15.9 Å². The summed E-state index contributed by atoms with van der Waals surface area (Å²) in [5, 5.41) is 10.5. The van der Waals surface area contributed by atoms with Crippen LogP contribution in [0.3, 0.4) is 0 Å². The Morgan fingerprint density at radius 1 is 1.19 bits per heavy atom. The van der Waals surface area contributed by atoms with Gasteiger partial charge in [0.15, 0.2) is 0 Å². The number of benzene rings is 2. The number of thiophene rings is 1. The van der Waals surface area contributed by atoms with Crippen molar-refractivity contribution in [2.24, 2.45) is 5.92 Å². The Hall–Kier alpha value is -2.72. The molecule has 0 amide bonds. The first-order valence-electron chi connectivity index (χ1n) is 9.80. The molecule has 0 bridgehead atoms. The zero-order chi connectivity index (χ0) is 22.7. The van der Waals surface area contributed by atoms with Crippen LogP contribution in [0.25, 0.3) is 21.7 Å². The Morgan fingerprint density at radius 2 is 1.94 bits per heavy atom. The zero-order valence-corrected chi connectivity index (χ0v) is 19.1. The number of H-pyrrole nitrogens is 1. The van der Waals surface area contributed by atoms with Gasteiger partial charge in [0, 0.05) is 10.9 Å². The molecule has 1 aliphatic rings. The van der Waals surface area contributed by atoms with Gasteiger partial charge >= 0.3 is 5.97 Å². The van der Waals surface area contributed by atoms with Gasteiger partial charge in [0.25, 0.3) is 10.0 Å². The molecule has 0 aliphatic heterocycles. The van der Waals surface area contributed by atoms with Crippen molar-refractivity contribution in [2.45, 2.75) is 22.6 Å². The average molecular weight is 488 g/mol. The van der Waals surface area contributed by atoms with Crippen molar-refractivity contribution < 1.29 is 18.3 Å². The second-order valence-corrected chi connectivity index (χ2v) is 11.3. The van der Waals surface area contributed by atoms with E-state index >= 15 is 0 Å². The quantitative estimate of drug-likeness (QED) is 0.371. The lowest BCUT2D eigenvalue weighted by atomic mass is 10.1. The highest BCUT2D eigenvalue weighted by molar-refractivity contribution is 7.91. The van der Waals surface area contributed by atoms with Crippen LogP contribution in [-0.4, -0.2) is 35.0 Å². The van der Waals surface area contributed by atoms with Crippen LogP contribution < -0.4 is 4.72 Å². The first-order valence-corrected chi connectivity index (χ1v) is 12.5. The maximum atomic E-state index is 13.2. The maximum absolute atomic E-state index is 13.2. The fourth-order valence-electron chi connectivity index (χ4n) is 4.26. The van der Waals surface area contributed by atoms with Crippen LogP contribution in [0.2, 0.25) is 5.02 Å². The topological polar surface area (TPSA) is 112 Å². The maximum Gasteiger partial charge on any atom is 0.325 e. The number of aromatic amines is 1. The van der Waals surface area contributed by atoms with Gasteiger partial charge < -0.3 is 10.1 Å². The summed E-state index contributed by atoms with van der Waals surface area (Å²) in [7, 11) is -4.07. The average Bonchev–Trinajstić information content (AvgIpc) is 3.14. The molecule has 7 nitrogen and oxygen atoms in total. The molecule has 4 aromatic rings. The fraction of sp³-hybridized carbons (Fsp3) is 0.182. The number of nitrogens with one attached hydrogen (secondary N) is 2. The van der Waals surface area contributed by atoms with E-state index in [1.54, 1.807) is 31.2 Å². The van der Waals surface area contributed by atoms with Crippen molar-refractivity contribution in [3.63, 3.8) is 0 Å². The number of imidazole rings is 1. The van der Waals surface area contributed by atoms with Crippen molar-refractivity contribution in [3.05, 3.63) is 71.2 Å². The Morgan fingerprint density at radius 3 is 2.66 bits per heavy atom. The number of aliphatic carboxylic acids is 1. The number of halogens is 1. The molecule has 3 atom stereocenters. The molecule has 1 saturated carbocycles. The van der Waals surface area contributed by atoms with Crippen molar-refractivity contribution in [2.75, 3.05) is 0 Å². The highest BCUT2D eigenvalue weighted by Gasteiger charge is 2.70. The molecule has 0 spiro atoms.